The highest BCUT2D eigenvalue weighted by molar-refractivity contribution is 6.05. The maximum atomic E-state index is 12.9. The molecular formula is C21H21F2N5O3. The number of aromatic nitrogens is 3. The average molecular weight is 429 g/mol. The molecule has 0 radical (unpaired) electrons. The fourth-order valence-corrected chi connectivity index (χ4v) is 3.37. The van der Waals surface area contributed by atoms with Gasteiger partial charge in [0.2, 0.25) is 0 Å². The number of imidazole rings is 1. The molecule has 0 bridgehead atoms. The minimum Gasteiger partial charge on any atom is -0.433 e. The summed E-state index contributed by atoms with van der Waals surface area (Å²) in [6, 6.07) is 7.32. The third-order valence-electron chi connectivity index (χ3n) is 4.75. The number of β-amino-alcohol motifs (C(OH)–C–C–N with tert-alkyl or cyclic N) is 1. The Morgan fingerprint density at radius 2 is 2.10 bits per heavy atom. The van der Waals surface area contributed by atoms with Crippen LogP contribution < -0.4 is 15.0 Å². The van der Waals surface area contributed by atoms with Gasteiger partial charge in [0.1, 0.15) is 17.4 Å². The van der Waals surface area contributed by atoms with Crippen LogP contribution in [0.5, 0.6) is 5.75 Å². The summed E-state index contributed by atoms with van der Waals surface area (Å²) in [7, 11) is 0. The lowest BCUT2D eigenvalue weighted by Crippen LogP contribution is -2.23. The van der Waals surface area contributed by atoms with Crippen molar-refractivity contribution in [2.45, 2.75) is 25.6 Å². The van der Waals surface area contributed by atoms with Crippen molar-refractivity contribution in [1.82, 2.24) is 15.0 Å². The number of pyridine rings is 1. The molecule has 1 amide bonds. The molecule has 2 aromatic heterocycles. The maximum absolute atomic E-state index is 12.9. The second-order valence-corrected chi connectivity index (χ2v) is 7.31. The quantitative estimate of drug-likeness (QED) is 0.556. The number of ether oxygens (including phenoxy) is 1. The number of aliphatic hydroxyl groups is 1. The second kappa shape index (κ2) is 8.31. The molecule has 8 nitrogen and oxygen atoms in total. The van der Waals surface area contributed by atoms with Gasteiger partial charge in [-0.1, -0.05) is 0 Å². The van der Waals surface area contributed by atoms with Crippen LogP contribution in [0.1, 0.15) is 23.7 Å². The molecule has 3 heterocycles. The zero-order valence-electron chi connectivity index (χ0n) is 16.7. The van der Waals surface area contributed by atoms with Crippen molar-refractivity contribution in [2.75, 3.05) is 23.3 Å². The number of amides is 1. The minimum atomic E-state index is -3.29. The number of nitrogens with zero attached hydrogens (tertiary/aromatic N) is 3. The highest BCUT2D eigenvalue weighted by atomic mass is 19.3. The number of carbonyl (C=O) groups is 1. The van der Waals surface area contributed by atoms with E-state index in [4.69, 9.17) is 0 Å². The van der Waals surface area contributed by atoms with Gasteiger partial charge in [0, 0.05) is 44.3 Å². The van der Waals surface area contributed by atoms with Crippen molar-refractivity contribution in [3.05, 3.63) is 54.5 Å². The van der Waals surface area contributed by atoms with Crippen LogP contribution in [0.15, 0.2) is 48.9 Å². The number of halogens is 2. The highest BCUT2D eigenvalue weighted by Crippen LogP contribution is 2.30. The zero-order valence-corrected chi connectivity index (χ0v) is 16.7. The number of H-pyrrole nitrogens is 1. The van der Waals surface area contributed by atoms with Crippen molar-refractivity contribution in [3.63, 3.8) is 0 Å². The van der Waals surface area contributed by atoms with E-state index in [9.17, 15) is 18.7 Å². The van der Waals surface area contributed by atoms with E-state index in [-0.39, 0.29) is 5.75 Å². The first-order valence-electron chi connectivity index (χ1n) is 9.69. The third kappa shape index (κ3) is 4.97. The first kappa shape index (κ1) is 20.7. The van der Waals surface area contributed by atoms with E-state index >= 15 is 0 Å². The van der Waals surface area contributed by atoms with E-state index < -0.39 is 18.1 Å². The Hall–Kier alpha value is -3.53. The van der Waals surface area contributed by atoms with E-state index in [1.165, 1.54) is 30.5 Å². The Morgan fingerprint density at radius 3 is 2.71 bits per heavy atom. The van der Waals surface area contributed by atoms with Gasteiger partial charge in [-0.05, 0) is 36.8 Å². The van der Waals surface area contributed by atoms with Gasteiger partial charge in [-0.2, -0.15) is 8.78 Å². The number of benzene rings is 1. The van der Waals surface area contributed by atoms with E-state index in [0.29, 0.717) is 54.9 Å². The molecule has 1 atom stereocenters. The Labute approximate surface area is 176 Å². The van der Waals surface area contributed by atoms with Crippen LogP contribution in [0.2, 0.25) is 0 Å². The van der Waals surface area contributed by atoms with Gasteiger partial charge in [-0.25, -0.2) is 9.97 Å². The predicted octanol–water partition coefficient (Wildman–Crippen LogP) is 3.29. The number of aromatic amines is 1. The lowest BCUT2D eigenvalue weighted by atomic mass is 10.1. The average Bonchev–Trinajstić information content (AvgIpc) is 3.40. The standard InChI is InChI=1S/C21H21F2N5O3/c1-21(22,23)31-16-4-2-14(3-5-16)27-20(30)13-10-17(18-24-7-8-25-18)19(26-11-13)28-9-6-15(29)12-28/h2-5,7-8,10-11,15,29H,6,9,12H2,1H3,(H,24,25)(H,27,30)/t15-/m1/s1. The molecule has 0 spiro atoms. The Balaban J connectivity index is 1.55. The number of anilines is 2. The maximum Gasteiger partial charge on any atom is 0.394 e. The topological polar surface area (TPSA) is 103 Å². The van der Waals surface area contributed by atoms with E-state index in [0.717, 1.165) is 0 Å². The SMILES string of the molecule is CC(F)(F)Oc1ccc(NC(=O)c2cnc(N3CC[C@@H](O)C3)c(-c3ncc[nH]3)c2)cc1. The Bertz CT molecular complexity index is 1050. The molecule has 162 valence electrons. The Morgan fingerprint density at radius 1 is 1.32 bits per heavy atom. The monoisotopic (exact) mass is 429 g/mol. The van der Waals surface area contributed by atoms with Crippen LogP contribution >= 0.6 is 0 Å². The molecule has 4 rings (SSSR count). The smallest absolute Gasteiger partial charge is 0.394 e. The molecule has 1 aromatic carbocycles. The van der Waals surface area contributed by atoms with Gasteiger partial charge < -0.3 is 25.0 Å². The first-order valence-corrected chi connectivity index (χ1v) is 9.69. The van der Waals surface area contributed by atoms with Gasteiger partial charge in [0.15, 0.2) is 0 Å². The molecule has 3 N–H and O–H groups in total. The second-order valence-electron chi connectivity index (χ2n) is 7.31. The molecular weight excluding hydrogens is 408 g/mol. The molecule has 1 aliphatic rings. The molecule has 1 fully saturated rings. The van der Waals surface area contributed by atoms with E-state index in [1.807, 2.05) is 4.90 Å². The van der Waals surface area contributed by atoms with Gasteiger partial charge in [-0.3, -0.25) is 4.79 Å². The van der Waals surface area contributed by atoms with Gasteiger partial charge in [0.25, 0.3) is 5.91 Å². The van der Waals surface area contributed by atoms with Crippen molar-refractivity contribution in [1.29, 1.82) is 0 Å². The summed E-state index contributed by atoms with van der Waals surface area (Å²) in [6.07, 6.45) is 1.67. The van der Waals surface area contributed by atoms with Crippen LogP contribution in [0.3, 0.4) is 0 Å². The number of carbonyl (C=O) groups excluding carboxylic acids is 1. The zero-order chi connectivity index (χ0) is 22.0. The van der Waals surface area contributed by atoms with Crippen molar-refractivity contribution >= 4 is 17.4 Å². The number of alkyl halides is 2. The highest BCUT2D eigenvalue weighted by Gasteiger charge is 2.26. The molecule has 10 heteroatoms. The number of rotatable bonds is 6. The molecule has 0 unspecified atom stereocenters. The van der Waals surface area contributed by atoms with Gasteiger partial charge in [0.05, 0.1) is 17.2 Å². The number of hydrogen-bond donors (Lipinski definition) is 3. The van der Waals surface area contributed by atoms with Crippen LogP contribution in [0, 0.1) is 0 Å². The predicted molar refractivity (Wildman–Crippen MR) is 110 cm³/mol. The van der Waals surface area contributed by atoms with Gasteiger partial charge in [-0.15, -0.1) is 0 Å². The van der Waals surface area contributed by atoms with Crippen molar-refractivity contribution in [2.24, 2.45) is 0 Å². The summed E-state index contributed by atoms with van der Waals surface area (Å²) < 4.78 is 30.4. The minimum absolute atomic E-state index is 0.00979. The van der Waals surface area contributed by atoms with E-state index in [1.54, 1.807) is 18.5 Å². The largest absolute Gasteiger partial charge is 0.433 e. The van der Waals surface area contributed by atoms with Crippen LogP contribution in [0.25, 0.3) is 11.4 Å². The summed E-state index contributed by atoms with van der Waals surface area (Å²) in [5.74, 6) is 0.762. The number of hydrogen-bond acceptors (Lipinski definition) is 6. The van der Waals surface area contributed by atoms with Crippen molar-refractivity contribution in [3.8, 4) is 17.1 Å². The Kier molecular flexibility index (Phi) is 5.55. The lowest BCUT2D eigenvalue weighted by molar-refractivity contribution is -0.158. The summed E-state index contributed by atoms with van der Waals surface area (Å²) in [5, 5.41) is 12.6. The fraction of sp³-hybridized carbons (Fsp3) is 0.286. The molecule has 31 heavy (non-hydrogen) atoms. The number of aliphatic hydroxyl groups excluding tert-OH is 1. The molecule has 0 saturated carbocycles. The lowest BCUT2D eigenvalue weighted by Gasteiger charge is -2.20. The first-order chi connectivity index (χ1) is 14.8. The summed E-state index contributed by atoms with van der Waals surface area (Å²) in [5.41, 5.74) is 1.36. The summed E-state index contributed by atoms with van der Waals surface area (Å²) >= 11 is 0. The fourth-order valence-electron chi connectivity index (χ4n) is 3.37. The number of nitrogens with one attached hydrogen (secondary N) is 2. The van der Waals surface area contributed by atoms with Crippen molar-refractivity contribution < 1.29 is 23.4 Å². The molecule has 0 aliphatic carbocycles. The van der Waals surface area contributed by atoms with Crippen LogP contribution in [0.4, 0.5) is 20.3 Å². The molecule has 3 aromatic rings. The van der Waals surface area contributed by atoms with Crippen LogP contribution in [-0.4, -0.2) is 51.3 Å². The van der Waals surface area contributed by atoms with E-state index in [2.05, 4.69) is 25.0 Å². The summed E-state index contributed by atoms with van der Waals surface area (Å²) in [4.78, 5) is 26.4. The molecule has 1 saturated heterocycles. The summed E-state index contributed by atoms with van der Waals surface area (Å²) in [6.45, 7) is 1.76. The van der Waals surface area contributed by atoms with Crippen LogP contribution in [-0.2, 0) is 0 Å². The van der Waals surface area contributed by atoms with Gasteiger partial charge >= 0.3 is 6.11 Å². The third-order valence-corrected chi connectivity index (χ3v) is 4.75. The normalized spacial score (nSPS) is 16.4. The molecule has 1 aliphatic heterocycles.